The fourth-order valence-corrected chi connectivity index (χ4v) is 4.16. The molecule has 0 radical (unpaired) electrons. The van der Waals surface area contributed by atoms with Gasteiger partial charge in [0.25, 0.3) is 11.6 Å². The number of carbonyl (C=O) groups excluding carboxylic acids is 1. The summed E-state index contributed by atoms with van der Waals surface area (Å²) in [5.41, 5.74) is 3.42. The van der Waals surface area contributed by atoms with Crippen LogP contribution in [0.15, 0.2) is 48.7 Å². The van der Waals surface area contributed by atoms with Crippen molar-refractivity contribution in [3.8, 4) is 5.69 Å². The van der Waals surface area contributed by atoms with E-state index in [1.54, 1.807) is 6.07 Å². The molecule has 1 fully saturated rings. The topological polar surface area (TPSA) is 84.5 Å². The third-order valence-corrected chi connectivity index (χ3v) is 5.80. The molecule has 1 saturated heterocycles. The summed E-state index contributed by atoms with van der Waals surface area (Å²) in [5.74, 6) is 0.675. The molecule has 4 rings (SSSR count). The second kappa shape index (κ2) is 8.39. The molecule has 0 aliphatic carbocycles. The second-order valence-electron chi connectivity index (χ2n) is 7.51. The lowest BCUT2D eigenvalue weighted by Gasteiger charge is -2.35. The largest absolute Gasteiger partial charge is 0.353 e. The van der Waals surface area contributed by atoms with Crippen molar-refractivity contribution in [1.29, 1.82) is 0 Å². The monoisotopic (exact) mass is 439 g/mol. The van der Waals surface area contributed by atoms with Crippen LogP contribution in [0.25, 0.3) is 5.69 Å². The van der Waals surface area contributed by atoms with Crippen molar-refractivity contribution in [2.24, 2.45) is 0 Å². The molecular weight excluding hydrogens is 418 g/mol. The number of amides is 1. The minimum atomic E-state index is -0.465. The molecule has 0 bridgehead atoms. The molecule has 0 N–H and O–H groups in total. The summed E-state index contributed by atoms with van der Waals surface area (Å²) in [6, 6.07) is 12.6. The summed E-state index contributed by atoms with van der Waals surface area (Å²) in [5, 5.41) is 11.4. The minimum absolute atomic E-state index is 0.00214. The van der Waals surface area contributed by atoms with Gasteiger partial charge < -0.3 is 14.4 Å². The van der Waals surface area contributed by atoms with Crippen LogP contribution in [0.1, 0.15) is 21.7 Å². The van der Waals surface area contributed by atoms with Crippen LogP contribution in [0.3, 0.4) is 0 Å². The highest BCUT2D eigenvalue weighted by Crippen LogP contribution is 2.25. The van der Waals surface area contributed by atoms with Gasteiger partial charge >= 0.3 is 0 Å². The van der Waals surface area contributed by atoms with Gasteiger partial charge in [-0.05, 0) is 44.2 Å². The van der Waals surface area contributed by atoms with Crippen LogP contribution in [-0.4, -0.2) is 51.5 Å². The molecular formula is C22H22ClN5O3. The number of halogens is 1. The van der Waals surface area contributed by atoms with Crippen molar-refractivity contribution >= 4 is 29.0 Å². The summed E-state index contributed by atoms with van der Waals surface area (Å²) in [6.45, 7) is 6.25. The molecule has 31 heavy (non-hydrogen) atoms. The molecule has 1 aliphatic heterocycles. The number of hydrogen-bond donors (Lipinski definition) is 0. The van der Waals surface area contributed by atoms with E-state index in [0.29, 0.717) is 42.6 Å². The lowest BCUT2D eigenvalue weighted by atomic mass is 10.2. The number of nitrogens with zero attached hydrogens (tertiary/aromatic N) is 5. The number of benzene rings is 1. The Morgan fingerprint density at radius 2 is 1.84 bits per heavy atom. The van der Waals surface area contributed by atoms with Gasteiger partial charge in [-0.1, -0.05) is 17.7 Å². The Hall–Kier alpha value is -3.39. The van der Waals surface area contributed by atoms with Crippen LogP contribution in [0.2, 0.25) is 5.02 Å². The summed E-state index contributed by atoms with van der Waals surface area (Å²) in [4.78, 5) is 31.6. The van der Waals surface area contributed by atoms with Gasteiger partial charge in [0.1, 0.15) is 12.0 Å². The van der Waals surface area contributed by atoms with E-state index in [1.165, 1.54) is 12.3 Å². The Morgan fingerprint density at radius 3 is 2.45 bits per heavy atom. The van der Waals surface area contributed by atoms with Crippen LogP contribution < -0.4 is 4.90 Å². The molecule has 0 unspecified atom stereocenters. The molecule has 1 aromatic carbocycles. The first kappa shape index (κ1) is 20.9. The van der Waals surface area contributed by atoms with Gasteiger partial charge in [0, 0.05) is 54.3 Å². The highest BCUT2D eigenvalue weighted by Gasteiger charge is 2.26. The number of pyridine rings is 1. The third-order valence-electron chi connectivity index (χ3n) is 5.56. The van der Waals surface area contributed by atoms with Gasteiger partial charge in [0.15, 0.2) is 0 Å². The fourth-order valence-electron chi connectivity index (χ4n) is 3.97. The zero-order valence-electron chi connectivity index (χ0n) is 17.3. The highest BCUT2D eigenvalue weighted by atomic mass is 35.5. The first-order valence-corrected chi connectivity index (χ1v) is 10.3. The fraction of sp³-hybridized carbons (Fsp3) is 0.273. The maximum Gasteiger partial charge on any atom is 0.287 e. The number of nitro groups is 1. The van der Waals surface area contributed by atoms with Crippen LogP contribution in [0.5, 0.6) is 0 Å². The molecule has 160 valence electrons. The highest BCUT2D eigenvalue weighted by molar-refractivity contribution is 6.30. The lowest BCUT2D eigenvalue weighted by molar-refractivity contribution is -0.385. The van der Waals surface area contributed by atoms with Crippen LogP contribution in [-0.2, 0) is 0 Å². The third kappa shape index (κ3) is 4.11. The van der Waals surface area contributed by atoms with E-state index in [-0.39, 0.29) is 11.6 Å². The maximum absolute atomic E-state index is 13.2. The predicted octanol–water partition coefficient (Wildman–Crippen LogP) is 4.01. The molecule has 1 amide bonds. The van der Waals surface area contributed by atoms with E-state index in [2.05, 4.69) is 4.98 Å². The molecule has 3 heterocycles. The molecule has 2 aromatic heterocycles. The van der Waals surface area contributed by atoms with Gasteiger partial charge in [-0.2, -0.15) is 0 Å². The van der Waals surface area contributed by atoms with E-state index in [1.807, 2.05) is 58.5 Å². The van der Waals surface area contributed by atoms with Crippen molar-refractivity contribution in [2.45, 2.75) is 13.8 Å². The SMILES string of the molecule is Cc1cc(C(=O)N2CCN(c3ccc([N+](=O)[O-])cn3)CC2)c(C)n1-c1cccc(Cl)c1. The normalized spacial score (nSPS) is 14.0. The standard InChI is InChI=1S/C22H22ClN5O3/c1-15-12-20(16(2)27(15)18-5-3-4-17(23)13-18)22(29)26-10-8-25(9-11-26)21-7-6-19(14-24-21)28(30)31/h3-7,12-14H,8-11H2,1-2H3. The first-order chi connectivity index (χ1) is 14.8. The number of anilines is 1. The number of rotatable bonds is 4. The molecule has 1 aliphatic rings. The van der Waals surface area contributed by atoms with E-state index in [9.17, 15) is 14.9 Å². The minimum Gasteiger partial charge on any atom is -0.353 e. The number of carbonyl (C=O) groups is 1. The van der Waals surface area contributed by atoms with Crippen molar-refractivity contribution in [3.63, 3.8) is 0 Å². The zero-order chi connectivity index (χ0) is 22.1. The predicted molar refractivity (Wildman–Crippen MR) is 119 cm³/mol. The summed E-state index contributed by atoms with van der Waals surface area (Å²) in [7, 11) is 0. The molecule has 8 nitrogen and oxygen atoms in total. The molecule has 0 atom stereocenters. The number of piperazine rings is 1. The van der Waals surface area contributed by atoms with Crippen molar-refractivity contribution < 1.29 is 9.72 Å². The van der Waals surface area contributed by atoms with E-state index in [0.717, 1.165) is 17.1 Å². The van der Waals surface area contributed by atoms with E-state index in [4.69, 9.17) is 11.6 Å². The average Bonchev–Trinajstić information content (AvgIpc) is 3.07. The van der Waals surface area contributed by atoms with Gasteiger partial charge in [-0.25, -0.2) is 4.98 Å². The Labute approximate surface area is 184 Å². The van der Waals surface area contributed by atoms with E-state index < -0.39 is 4.92 Å². The second-order valence-corrected chi connectivity index (χ2v) is 7.95. The maximum atomic E-state index is 13.2. The summed E-state index contributed by atoms with van der Waals surface area (Å²) in [6.07, 6.45) is 1.26. The number of hydrogen-bond acceptors (Lipinski definition) is 5. The first-order valence-electron chi connectivity index (χ1n) is 9.94. The summed E-state index contributed by atoms with van der Waals surface area (Å²) >= 11 is 6.15. The summed E-state index contributed by atoms with van der Waals surface area (Å²) < 4.78 is 2.04. The Balaban J connectivity index is 1.48. The van der Waals surface area contributed by atoms with Gasteiger partial charge in [-0.3, -0.25) is 14.9 Å². The zero-order valence-corrected chi connectivity index (χ0v) is 18.0. The van der Waals surface area contributed by atoms with Gasteiger partial charge in [-0.15, -0.1) is 0 Å². The molecule has 0 saturated carbocycles. The smallest absolute Gasteiger partial charge is 0.287 e. The van der Waals surface area contributed by atoms with Crippen molar-refractivity contribution in [1.82, 2.24) is 14.5 Å². The van der Waals surface area contributed by atoms with Gasteiger partial charge in [0.05, 0.1) is 10.5 Å². The number of aryl methyl sites for hydroxylation is 1. The van der Waals surface area contributed by atoms with Crippen LogP contribution in [0, 0.1) is 24.0 Å². The Bertz CT molecular complexity index is 1130. The average molecular weight is 440 g/mol. The molecule has 9 heteroatoms. The Kier molecular flexibility index (Phi) is 5.65. The van der Waals surface area contributed by atoms with Crippen molar-refractivity contribution in [2.75, 3.05) is 31.1 Å². The van der Waals surface area contributed by atoms with Crippen LogP contribution >= 0.6 is 11.6 Å². The van der Waals surface area contributed by atoms with E-state index >= 15 is 0 Å². The van der Waals surface area contributed by atoms with Gasteiger partial charge in [0.2, 0.25) is 0 Å². The van der Waals surface area contributed by atoms with Crippen LogP contribution in [0.4, 0.5) is 11.5 Å². The number of aromatic nitrogens is 2. The molecule has 0 spiro atoms. The molecule has 3 aromatic rings. The van der Waals surface area contributed by atoms with Crippen molar-refractivity contribution in [3.05, 3.63) is 80.7 Å². The Morgan fingerprint density at radius 1 is 1.10 bits per heavy atom. The lowest BCUT2D eigenvalue weighted by Crippen LogP contribution is -2.49. The quantitative estimate of drug-likeness (QED) is 0.453.